The summed E-state index contributed by atoms with van der Waals surface area (Å²) >= 11 is 10.6. The van der Waals surface area contributed by atoms with E-state index in [0.717, 1.165) is 4.90 Å². The molecule has 4 nitrogen and oxygen atoms in total. The number of hydrogen-bond donors (Lipinski definition) is 1. The topological polar surface area (TPSA) is 69.2 Å². The molecule has 0 spiro atoms. The molecular formula is C13H10BrClN2O2S. The summed E-state index contributed by atoms with van der Waals surface area (Å²) < 4.78 is 0.681. The summed E-state index contributed by atoms with van der Waals surface area (Å²) in [6.45, 7) is 0. The number of halogens is 2. The number of nitrogens with two attached hydrogens (primary N) is 1. The molecule has 7 heteroatoms. The molecule has 0 heterocycles. The monoisotopic (exact) mass is 372 g/mol. The van der Waals surface area contributed by atoms with Gasteiger partial charge in [0.1, 0.15) is 0 Å². The van der Waals surface area contributed by atoms with E-state index in [0.29, 0.717) is 26.5 Å². The summed E-state index contributed by atoms with van der Waals surface area (Å²) in [5, 5.41) is 11.6. The van der Waals surface area contributed by atoms with E-state index < -0.39 is 0 Å². The zero-order valence-electron chi connectivity index (χ0n) is 10.2. The Morgan fingerprint density at radius 3 is 2.75 bits per heavy atom. The summed E-state index contributed by atoms with van der Waals surface area (Å²) in [7, 11) is 0. The minimum Gasteiger partial charge on any atom is -0.398 e. The van der Waals surface area contributed by atoms with Gasteiger partial charge in [0, 0.05) is 37.5 Å². The average Bonchev–Trinajstić information content (AvgIpc) is 2.40. The SMILES string of the molecule is Nc1ccc(Cl)cc1SCc1ccc(Br)cc1[N+](=O)[O-]. The quantitative estimate of drug-likeness (QED) is 0.359. The Bertz CT molecular complexity index is 667. The summed E-state index contributed by atoms with van der Waals surface area (Å²) in [5.74, 6) is 0.453. The molecule has 0 amide bonds. The molecule has 0 aliphatic heterocycles. The number of anilines is 1. The first-order chi connectivity index (χ1) is 9.47. The van der Waals surface area contributed by atoms with Crippen LogP contribution in [0.3, 0.4) is 0 Å². The molecule has 2 rings (SSSR count). The largest absolute Gasteiger partial charge is 0.398 e. The molecule has 104 valence electrons. The predicted octanol–water partition coefficient (Wildman–Crippen LogP) is 4.89. The van der Waals surface area contributed by atoms with Crippen molar-refractivity contribution >= 4 is 50.7 Å². The molecule has 0 saturated heterocycles. The van der Waals surface area contributed by atoms with Gasteiger partial charge in [0.25, 0.3) is 5.69 Å². The van der Waals surface area contributed by atoms with E-state index in [-0.39, 0.29) is 10.6 Å². The van der Waals surface area contributed by atoms with Gasteiger partial charge in [-0.05, 0) is 24.3 Å². The van der Waals surface area contributed by atoms with E-state index in [1.54, 1.807) is 30.3 Å². The maximum Gasteiger partial charge on any atom is 0.274 e. The standard InChI is InChI=1S/C13H10BrClN2O2S/c14-9-2-1-8(12(5-9)17(18)19)7-20-13-6-10(15)3-4-11(13)16/h1-6H,7,16H2. The van der Waals surface area contributed by atoms with Crippen LogP contribution in [0.15, 0.2) is 45.8 Å². The van der Waals surface area contributed by atoms with E-state index in [9.17, 15) is 10.1 Å². The molecular weight excluding hydrogens is 364 g/mol. The van der Waals surface area contributed by atoms with E-state index in [1.807, 2.05) is 0 Å². The fraction of sp³-hybridized carbons (Fsp3) is 0.0769. The number of benzene rings is 2. The van der Waals surface area contributed by atoms with Gasteiger partial charge in [-0.1, -0.05) is 33.6 Å². The van der Waals surface area contributed by atoms with Crippen LogP contribution in [0.2, 0.25) is 5.02 Å². The Labute approximate surface area is 133 Å². The molecule has 0 atom stereocenters. The van der Waals surface area contributed by atoms with Crippen molar-refractivity contribution in [2.75, 3.05) is 5.73 Å². The van der Waals surface area contributed by atoms with Gasteiger partial charge < -0.3 is 5.73 Å². The second kappa shape index (κ2) is 6.47. The van der Waals surface area contributed by atoms with Crippen LogP contribution in [0.5, 0.6) is 0 Å². The van der Waals surface area contributed by atoms with Crippen LogP contribution in [0.4, 0.5) is 11.4 Å². The maximum absolute atomic E-state index is 11.0. The number of hydrogen-bond acceptors (Lipinski definition) is 4. The van der Waals surface area contributed by atoms with Gasteiger partial charge >= 0.3 is 0 Å². The highest BCUT2D eigenvalue weighted by Gasteiger charge is 2.14. The van der Waals surface area contributed by atoms with Crippen molar-refractivity contribution in [2.24, 2.45) is 0 Å². The lowest BCUT2D eigenvalue weighted by atomic mass is 10.2. The molecule has 0 aliphatic rings. The number of thioether (sulfide) groups is 1. The third-order valence-corrected chi connectivity index (χ3v) is 4.45. The molecule has 0 unspecified atom stereocenters. The Morgan fingerprint density at radius 1 is 1.30 bits per heavy atom. The highest BCUT2D eigenvalue weighted by Crippen LogP contribution is 2.33. The van der Waals surface area contributed by atoms with Gasteiger partial charge in [-0.3, -0.25) is 10.1 Å². The Balaban J connectivity index is 2.23. The summed E-state index contributed by atoms with van der Waals surface area (Å²) in [4.78, 5) is 11.5. The number of nitro groups is 1. The van der Waals surface area contributed by atoms with Crippen LogP contribution >= 0.6 is 39.3 Å². The Hall–Kier alpha value is -1.24. The maximum atomic E-state index is 11.0. The highest BCUT2D eigenvalue weighted by atomic mass is 79.9. The predicted molar refractivity (Wildman–Crippen MR) is 86.2 cm³/mol. The van der Waals surface area contributed by atoms with E-state index in [4.69, 9.17) is 17.3 Å². The highest BCUT2D eigenvalue weighted by molar-refractivity contribution is 9.10. The van der Waals surface area contributed by atoms with Crippen molar-refractivity contribution in [1.82, 2.24) is 0 Å². The van der Waals surface area contributed by atoms with Gasteiger partial charge in [-0.15, -0.1) is 11.8 Å². The Morgan fingerprint density at radius 2 is 2.05 bits per heavy atom. The molecule has 2 N–H and O–H groups in total. The molecule has 0 aliphatic carbocycles. The van der Waals surface area contributed by atoms with E-state index in [2.05, 4.69) is 15.9 Å². The van der Waals surface area contributed by atoms with Gasteiger partial charge in [0.05, 0.1) is 4.92 Å². The minimum atomic E-state index is -0.387. The van der Waals surface area contributed by atoms with Crippen molar-refractivity contribution in [3.63, 3.8) is 0 Å². The molecule has 0 saturated carbocycles. The molecule has 0 aromatic heterocycles. The normalized spacial score (nSPS) is 10.5. The van der Waals surface area contributed by atoms with Crippen molar-refractivity contribution < 1.29 is 4.92 Å². The van der Waals surface area contributed by atoms with Crippen LogP contribution < -0.4 is 5.73 Å². The molecule has 0 fully saturated rings. The third-order valence-electron chi connectivity index (χ3n) is 2.60. The van der Waals surface area contributed by atoms with E-state index >= 15 is 0 Å². The van der Waals surface area contributed by atoms with Gasteiger partial charge in [-0.2, -0.15) is 0 Å². The zero-order valence-corrected chi connectivity index (χ0v) is 13.3. The molecule has 2 aromatic rings. The lowest BCUT2D eigenvalue weighted by Gasteiger charge is -2.07. The summed E-state index contributed by atoms with van der Waals surface area (Å²) in [5.41, 5.74) is 7.20. The lowest BCUT2D eigenvalue weighted by Crippen LogP contribution is -1.95. The number of nitrogen functional groups attached to an aromatic ring is 1. The third kappa shape index (κ3) is 3.65. The van der Waals surface area contributed by atoms with Crippen molar-refractivity contribution in [3.05, 3.63) is 61.6 Å². The van der Waals surface area contributed by atoms with Crippen LogP contribution in [-0.2, 0) is 5.75 Å². The van der Waals surface area contributed by atoms with Crippen molar-refractivity contribution in [3.8, 4) is 0 Å². The van der Waals surface area contributed by atoms with Crippen LogP contribution in [-0.4, -0.2) is 4.92 Å². The second-order valence-electron chi connectivity index (χ2n) is 4.00. The zero-order chi connectivity index (χ0) is 14.7. The van der Waals surface area contributed by atoms with Gasteiger partial charge in [0.15, 0.2) is 0 Å². The smallest absolute Gasteiger partial charge is 0.274 e. The number of rotatable bonds is 4. The molecule has 2 aromatic carbocycles. The van der Waals surface area contributed by atoms with Crippen LogP contribution in [0, 0.1) is 10.1 Å². The molecule has 20 heavy (non-hydrogen) atoms. The molecule has 0 bridgehead atoms. The first kappa shape index (κ1) is 15.2. The average molecular weight is 374 g/mol. The summed E-state index contributed by atoms with van der Waals surface area (Å²) in [6.07, 6.45) is 0. The van der Waals surface area contributed by atoms with Gasteiger partial charge in [0.2, 0.25) is 0 Å². The first-order valence-corrected chi connectivity index (χ1v) is 7.73. The van der Waals surface area contributed by atoms with Crippen LogP contribution in [0.1, 0.15) is 5.56 Å². The fourth-order valence-corrected chi connectivity index (χ4v) is 3.20. The van der Waals surface area contributed by atoms with Gasteiger partial charge in [-0.25, -0.2) is 0 Å². The van der Waals surface area contributed by atoms with Crippen molar-refractivity contribution in [1.29, 1.82) is 0 Å². The number of nitrogens with zero attached hydrogens (tertiary/aromatic N) is 1. The van der Waals surface area contributed by atoms with E-state index in [1.165, 1.54) is 17.8 Å². The fourth-order valence-electron chi connectivity index (χ4n) is 1.62. The number of nitro benzene ring substituents is 1. The Kier molecular flexibility index (Phi) is 4.91. The summed E-state index contributed by atoms with van der Waals surface area (Å²) in [6, 6.07) is 10.2. The second-order valence-corrected chi connectivity index (χ2v) is 6.37. The minimum absolute atomic E-state index is 0.0903. The first-order valence-electron chi connectivity index (χ1n) is 5.58. The lowest BCUT2D eigenvalue weighted by molar-refractivity contribution is -0.385. The molecule has 0 radical (unpaired) electrons. The van der Waals surface area contributed by atoms with Crippen molar-refractivity contribution in [2.45, 2.75) is 10.6 Å². The van der Waals surface area contributed by atoms with Crippen LogP contribution in [0.25, 0.3) is 0 Å².